The lowest BCUT2D eigenvalue weighted by atomic mass is 10.0. The molecule has 9 heteroatoms. The molecule has 0 radical (unpaired) electrons. The largest absolute Gasteiger partial charge is 0.480 e. The number of carbonyl (C=O) groups excluding carboxylic acids is 1. The van der Waals surface area contributed by atoms with E-state index in [1.54, 1.807) is 13.8 Å². The summed E-state index contributed by atoms with van der Waals surface area (Å²) >= 11 is 2.72. The van der Waals surface area contributed by atoms with Crippen LogP contribution in [0.15, 0.2) is 76.7 Å². The van der Waals surface area contributed by atoms with E-state index in [4.69, 9.17) is 0 Å². The number of carboxylic acid groups (broad SMARTS) is 1. The topological polar surface area (TPSA) is 96.3 Å². The second-order valence-electron chi connectivity index (χ2n) is 9.33. The molecular formula is C29H30N4O3S2. The fourth-order valence-electron chi connectivity index (χ4n) is 3.64. The summed E-state index contributed by atoms with van der Waals surface area (Å²) in [5, 5.41) is 11.4. The Hall–Kier alpha value is -3.56. The van der Waals surface area contributed by atoms with E-state index < -0.39 is 10.7 Å². The molecule has 0 saturated carbocycles. The molecule has 38 heavy (non-hydrogen) atoms. The van der Waals surface area contributed by atoms with Crippen LogP contribution < -0.4 is 4.90 Å². The van der Waals surface area contributed by atoms with E-state index in [9.17, 15) is 14.7 Å². The van der Waals surface area contributed by atoms with Crippen molar-refractivity contribution in [3.05, 3.63) is 100 Å². The van der Waals surface area contributed by atoms with Crippen molar-refractivity contribution < 1.29 is 14.7 Å². The van der Waals surface area contributed by atoms with E-state index in [-0.39, 0.29) is 5.78 Å². The minimum absolute atomic E-state index is 0.00391. The van der Waals surface area contributed by atoms with E-state index in [1.807, 2.05) is 72.4 Å². The number of carboxylic acids is 1. The molecule has 0 bridgehead atoms. The smallest absolute Gasteiger partial charge is 0.319 e. The van der Waals surface area contributed by atoms with Crippen molar-refractivity contribution in [2.45, 2.75) is 49.2 Å². The molecule has 2 heterocycles. The molecule has 7 nitrogen and oxygen atoms in total. The van der Waals surface area contributed by atoms with Crippen LogP contribution in [0.5, 0.6) is 0 Å². The maximum absolute atomic E-state index is 12.8. The standard InChI is InChI=1S/C29H30N4O3S2/c1-4-20-16-30-27(31-17-20)33(15-14-24-19-37-28(32-24)38-29(2,3)26(35)36)18-21-10-12-23(13-11-21)25(34)22-8-6-5-7-9-22/h5-13,16-17,19H,4,14-15,18H2,1-3H3,(H,35,36). The first-order valence-corrected chi connectivity index (χ1v) is 14.1. The van der Waals surface area contributed by atoms with Gasteiger partial charge in [0.2, 0.25) is 5.95 Å². The Morgan fingerprint density at radius 2 is 1.63 bits per heavy atom. The van der Waals surface area contributed by atoms with E-state index in [2.05, 4.69) is 26.8 Å². The average Bonchev–Trinajstić information content (AvgIpc) is 3.38. The van der Waals surface area contributed by atoms with Gasteiger partial charge in [-0.2, -0.15) is 0 Å². The molecule has 0 spiro atoms. The van der Waals surface area contributed by atoms with Gasteiger partial charge >= 0.3 is 5.97 Å². The molecule has 196 valence electrons. The number of rotatable bonds is 12. The lowest BCUT2D eigenvalue weighted by Crippen LogP contribution is -2.27. The highest BCUT2D eigenvalue weighted by Crippen LogP contribution is 2.34. The molecule has 0 amide bonds. The van der Waals surface area contributed by atoms with E-state index in [0.717, 1.165) is 27.6 Å². The van der Waals surface area contributed by atoms with Crippen LogP contribution in [-0.4, -0.2) is 43.1 Å². The van der Waals surface area contributed by atoms with Gasteiger partial charge in [0, 0.05) is 48.4 Å². The molecule has 0 aliphatic rings. The van der Waals surface area contributed by atoms with Gasteiger partial charge in [0.05, 0.1) is 5.69 Å². The zero-order valence-corrected chi connectivity index (χ0v) is 23.3. The highest BCUT2D eigenvalue weighted by molar-refractivity contribution is 8.03. The Labute approximate surface area is 231 Å². The van der Waals surface area contributed by atoms with E-state index in [1.165, 1.54) is 23.1 Å². The minimum Gasteiger partial charge on any atom is -0.480 e. The predicted octanol–water partition coefficient (Wildman–Crippen LogP) is 5.93. The Kier molecular flexibility index (Phi) is 8.91. The fourth-order valence-corrected chi connectivity index (χ4v) is 5.87. The predicted molar refractivity (Wildman–Crippen MR) is 152 cm³/mol. The van der Waals surface area contributed by atoms with Gasteiger partial charge < -0.3 is 10.0 Å². The molecule has 0 unspecified atom stereocenters. The first kappa shape index (κ1) is 27.5. The zero-order valence-electron chi connectivity index (χ0n) is 21.6. The Bertz CT molecular complexity index is 1370. The van der Waals surface area contributed by atoms with Gasteiger partial charge in [-0.1, -0.05) is 73.3 Å². The normalized spacial score (nSPS) is 11.3. The highest BCUT2D eigenvalue weighted by Gasteiger charge is 2.29. The summed E-state index contributed by atoms with van der Waals surface area (Å²) in [5.74, 6) is -0.242. The van der Waals surface area contributed by atoms with Crippen LogP contribution in [0.2, 0.25) is 0 Å². The van der Waals surface area contributed by atoms with Crippen LogP contribution in [0.4, 0.5) is 5.95 Å². The molecule has 0 atom stereocenters. The molecule has 0 aliphatic carbocycles. The van der Waals surface area contributed by atoms with Crippen LogP contribution in [0.3, 0.4) is 0 Å². The summed E-state index contributed by atoms with van der Waals surface area (Å²) in [7, 11) is 0. The maximum atomic E-state index is 12.8. The summed E-state index contributed by atoms with van der Waals surface area (Å²) in [5.41, 5.74) is 4.32. The van der Waals surface area contributed by atoms with Crippen molar-refractivity contribution in [3.63, 3.8) is 0 Å². The monoisotopic (exact) mass is 546 g/mol. The maximum Gasteiger partial charge on any atom is 0.319 e. The minimum atomic E-state index is -0.940. The highest BCUT2D eigenvalue weighted by atomic mass is 32.2. The quantitative estimate of drug-likeness (QED) is 0.173. The van der Waals surface area contributed by atoms with Gasteiger partial charge in [0.15, 0.2) is 10.1 Å². The van der Waals surface area contributed by atoms with Crippen molar-refractivity contribution >= 4 is 40.8 Å². The number of ketones is 1. The van der Waals surface area contributed by atoms with Gasteiger partial charge in [-0.15, -0.1) is 11.3 Å². The molecule has 2 aromatic heterocycles. The average molecular weight is 547 g/mol. The summed E-state index contributed by atoms with van der Waals surface area (Å²) in [6.45, 7) is 6.63. The van der Waals surface area contributed by atoms with Gasteiger partial charge in [-0.3, -0.25) is 9.59 Å². The zero-order chi connectivity index (χ0) is 27.1. The fraction of sp³-hybridized carbons (Fsp3) is 0.276. The molecule has 0 fully saturated rings. The van der Waals surface area contributed by atoms with Crippen LogP contribution in [0.1, 0.15) is 53.5 Å². The Morgan fingerprint density at radius 1 is 0.974 bits per heavy atom. The van der Waals surface area contributed by atoms with Crippen LogP contribution in [0.25, 0.3) is 0 Å². The summed E-state index contributed by atoms with van der Waals surface area (Å²) in [4.78, 5) is 40.2. The number of hydrogen-bond acceptors (Lipinski definition) is 8. The van der Waals surface area contributed by atoms with Gasteiger partial charge in [0.25, 0.3) is 0 Å². The molecule has 2 aromatic carbocycles. The van der Waals surface area contributed by atoms with Gasteiger partial charge in [-0.05, 0) is 31.4 Å². The SMILES string of the molecule is CCc1cnc(N(CCc2csc(SC(C)(C)C(=O)O)n2)Cc2ccc(C(=O)c3ccccc3)cc2)nc1. The number of carbonyl (C=O) groups is 2. The molecule has 0 saturated heterocycles. The van der Waals surface area contributed by atoms with Crippen molar-refractivity contribution in [2.75, 3.05) is 11.4 Å². The number of thiazole rings is 1. The first-order chi connectivity index (χ1) is 18.2. The number of aryl methyl sites for hydroxylation is 1. The Balaban J connectivity index is 1.48. The Morgan fingerprint density at radius 3 is 2.26 bits per heavy atom. The van der Waals surface area contributed by atoms with Gasteiger partial charge in [-0.25, -0.2) is 15.0 Å². The number of thioether (sulfide) groups is 1. The van der Waals surface area contributed by atoms with E-state index >= 15 is 0 Å². The molecule has 0 aliphatic heterocycles. The molecular weight excluding hydrogens is 516 g/mol. The second-order valence-corrected chi connectivity index (χ2v) is 12.1. The third-order valence-corrected chi connectivity index (χ3v) is 8.21. The lowest BCUT2D eigenvalue weighted by molar-refractivity contribution is -0.138. The van der Waals surface area contributed by atoms with E-state index in [0.29, 0.717) is 36.6 Å². The van der Waals surface area contributed by atoms with Crippen LogP contribution in [-0.2, 0) is 24.2 Å². The van der Waals surface area contributed by atoms with Crippen molar-refractivity contribution in [1.29, 1.82) is 0 Å². The molecule has 4 aromatic rings. The number of nitrogens with zero attached hydrogens (tertiary/aromatic N) is 4. The molecule has 1 N–H and O–H groups in total. The van der Waals surface area contributed by atoms with Crippen LogP contribution >= 0.6 is 23.1 Å². The third-order valence-electron chi connectivity index (χ3n) is 6.03. The van der Waals surface area contributed by atoms with Crippen molar-refractivity contribution in [1.82, 2.24) is 15.0 Å². The van der Waals surface area contributed by atoms with Crippen molar-refractivity contribution in [3.8, 4) is 0 Å². The summed E-state index contributed by atoms with van der Waals surface area (Å²) in [6.07, 6.45) is 5.22. The molecule has 4 rings (SSSR count). The number of aliphatic carboxylic acids is 1. The number of anilines is 1. The summed E-state index contributed by atoms with van der Waals surface area (Å²) < 4.78 is -0.203. The van der Waals surface area contributed by atoms with Crippen molar-refractivity contribution in [2.24, 2.45) is 0 Å². The summed E-state index contributed by atoms with van der Waals surface area (Å²) in [6, 6.07) is 16.9. The van der Waals surface area contributed by atoms with Crippen LogP contribution in [0, 0.1) is 0 Å². The number of aromatic nitrogens is 3. The first-order valence-electron chi connectivity index (χ1n) is 12.4. The van der Waals surface area contributed by atoms with Gasteiger partial charge in [0.1, 0.15) is 4.75 Å². The number of hydrogen-bond donors (Lipinski definition) is 1. The third kappa shape index (κ3) is 7.05. The lowest BCUT2D eigenvalue weighted by Gasteiger charge is -2.22. The number of benzene rings is 2. The second kappa shape index (κ2) is 12.3.